The predicted molar refractivity (Wildman–Crippen MR) is 87.4 cm³/mol. The summed E-state index contributed by atoms with van der Waals surface area (Å²) in [5.41, 5.74) is 8.99. The summed E-state index contributed by atoms with van der Waals surface area (Å²) in [5.74, 6) is 0.526. The lowest BCUT2D eigenvalue weighted by atomic mass is 10.1. The number of benzene rings is 1. The van der Waals surface area contributed by atoms with Crippen molar-refractivity contribution in [1.29, 1.82) is 0 Å². The Balaban J connectivity index is 1.97. The van der Waals surface area contributed by atoms with Crippen LogP contribution in [0.3, 0.4) is 0 Å². The van der Waals surface area contributed by atoms with Gasteiger partial charge in [0.2, 0.25) is 0 Å². The maximum absolute atomic E-state index is 11.4. The highest BCUT2D eigenvalue weighted by molar-refractivity contribution is 7.90. The average Bonchev–Trinajstić information content (AvgIpc) is 3.09. The van der Waals surface area contributed by atoms with Gasteiger partial charge < -0.3 is 11.1 Å². The summed E-state index contributed by atoms with van der Waals surface area (Å²) in [6.07, 6.45) is 3.08. The van der Waals surface area contributed by atoms with Crippen molar-refractivity contribution in [1.82, 2.24) is 0 Å². The van der Waals surface area contributed by atoms with Gasteiger partial charge in [-0.3, -0.25) is 4.99 Å². The van der Waals surface area contributed by atoms with Crippen LogP contribution in [0.4, 0.5) is 5.69 Å². The van der Waals surface area contributed by atoms with Crippen LogP contribution in [0.5, 0.6) is 0 Å². The van der Waals surface area contributed by atoms with Gasteiger partial charge in [0, 0.05) is 23.9 Å². The van der Waals surface area contributed by atoms with Crippen molar-refractivity contribution in [3.63, 3.8) is 0 Å². The SMILES string of the molecule is Cc1ccc(NC(N)=NCC2(CS(C)(=O)=O)CC2)cc1C. The number of aliphatic imine (C=N–C) groups is 1. The van der Waals surface area contributed by atoms with E-state index in [1.807, 2.05) is 25.1 Å². The van der Waals surface area contributed by atoms with Gasteiger partial charge in [-0.15, -0.1) is 0 Å². The molecule has 0 amide bonds. The largest absolute Gasteiger partial charge is 0.370 e. The van der Waals surface area contributed by atoms with E-state index in [2.05, 4.69) is 17.2 Å². The van der Waals surface area contributed by atoms with E-state index >= 15 is 0 Å². The maximum Gasteiger partial charge on any atom is 0.193 e. The van der Waals surface area contributed by atoms with E-state index in [1.165, 1.54) is 17.4 Å². The van der Waals surface area contributed by atoms with E-state index in [4.69, 9.17) is 5.73 Å². The lowest BCUT2D eigenvalue weighted by Gasteiger charge is -2.12. The molecule has 0 bridgehead atoms. The first-order chi connectivity index (χ1) is 9.69. The zero-order valence-electron chi connectivity index (χ0n) is 12.8. The topological polar surface area (TPSA) is 84.5 Å². The van der Waals surface area contributed by atoms with Gasteiger partial charge in [-0.05, 0) is 49.9 Å². The van der Waals surface area contributed by atoms with Crippen LogP contribution >= 0.6 is 0 Å². The molecule has 1 aliphatic carbocycles. The summed E-state index contributed by atoms with van der Waals surface area (Å²) in [6, 6.07) is 5.99. The highest BCUT2D eigenvalue weighted by atomic mass is 32.2. The molecule has 0 atom stereocenters. The van der Waals surface area contributed by atoms with Crippen molar-refractivity contribution in [2.24, 2.45) is 16.1 Å². The second kappa shape index (κ2) is 5.67. The Bertz CT molecular complexity index is 661. The third kappa shape index (κ3) is 4.74. The lowest BCUT2D eigenvalue weighted by Crippen LogP contribution is -2.26. The van der Waals surface area contributed by atoms with Gasteiger partial charge in [-0.25, -0.2) is 8.42 Å². The summed E-state index contributed by atoms with van der Waals surface area (Å²) in [6.45, 7) is 4.56. The fourth-order valence-electron chi connectivity index (χ4n) is 2.34. The van der Waals surface area contributed by atoms with E-state index in [1.54, 1.807) is 0 Å². The minimum Gasteiger partial charge on any atom is -0.370 e. The molecule has 0 unspecified atom stereocenters. The van der Waals surface area contributed by atoms with Crippen LogP contribution in [0.15, 0.2) is 23.2 Å². The molecule has 21 heavy (non-hydrogen) atoms. The van der Waals surface area contributed by atoms with E-state index < -0.39 is 9.84 Å². The number of nitrogens with two attached hydrogens (primary N) is 1. The average molecular weight is 309 g/mol. The third-order valence-corrected chi connectivity index (χ3v) is 5.03. The normalized spacial score (nSPS) is 17.6. The molecule has 0 spiro atoms. The Kier molecular flexibility index (Phi) is 4.27. The molecule has 1 saturated carbocycles. The molecule has 6 heteroatoms. The van der Waals surface area contributed by atoms with Crippen LogP contribution in [0.1, 0.15) is 24.0 Å². The highest BCUT2D eigenvalue weighted by Crippen LogP contribution is 2.46. The molecular formula is C15H23N3O2S. The number of nitrogens with zero attached hydrogens (tertiary/aromatic N) is 1. The number of guanidine groups is 1. The predicted octanol–water partition coefficient (Wildman–Crippen LogP) is 1.85. The van der Waals surface area contributed by atoms with E-state index in [0.29, 0.717) is 12.5 Å². The van der Waals surface area contributed by atoms with Crippen molar-refractivity contribution in [2.45, 2.75) is 26.7 Å². The molecule has 0 aliphatic heterocycles. The van der Waals surface area contributed by atoms with Gasteiger partial charge >= 0.3 is 0 Å². The minimum absolute atomic E-state index is 0.191. The maximum atomic E-state index is 11.4. The van der Waals surface area contributed by atoms with Crippen molar-refractivity contribution in [3.8, 4) is 0 Å². The Morgan fingerprint density at radius 1 is 1.33 bits per heavy atom. The van der Waals surface area contributed by atoms with Gasteiger partial charge in [0.15, 0.2) is 5.96 Å². The summed E-state index contributed by atoms with van der Waals surface area (Å²) in [7, 11) is -2.97. The van der Waals surface area contributed by atoms with Crippen LogP contribution in [-0.2, 0) is 9.84 Å². The number of nitrogens with one attached hydrogen (secondary N) is 1. The minimum atomic E-state index is -2.97. The molecule has 1 aromatic carbocycles. The van der Waals surface area contributed by atoms with E-state index in [0.717, 1.165) is 18.5 Å². The van der Waals surface area contributed by atoms with Gasteiger partial charge in [-0.1, -0.05) is 6.07 Å². The standard InChI is InChI=1S/C15H23N3O2S/c1-11-4-5-13(8-12(11)2)18-14(16)17-9-15(6-7-15)10-21(3,19)20/h4-5,8H,6-7,9-10H2,1-3H3,(H3,16,17,18). The number of sulfone groups is 1. The summed E-state index contributed by atoms with van der Waals surface area (Å²) >= 11 is 0. The fourth-order valence-corrected chi connectivity index (χ4v) is 3.83. The summed E-state index contributed by atoms with van der Waals surface area (Å²) in [5, 5.41) is 3.05. The van der Waals surface area contributed by atoms with Crippen LogP contribution in [0, 0.1) is 19.3 Å². The Labute approximate surface area is 126 Å². The Hall–Kier alpha value is -1.56. The molecule has 3 N–H and O–H groups in total. The molecular weight excluding hydrogens is 286 g/mol. The molecule has 5 nitrogen and oxygen atoms in total. The zero-order valence-corrected chi connectivity index (χ0v) is 13.6. The number of aryl methyl sites for hydroxylation is 2. The van der Waals surface area contributed by atoms with Crippen LogP contribution in [0.2, 0.25) is 0 Å². The van der Waals surface area contributed by atoms with Gasteiger partial charge in [0.05, 0.1) is 5.75 Å². The first-order valence-corrected chi connectivity index (χ1v) is 9.07. The molecule has 2 rings (SSSR count). The first kappa shape index (κ1) is 15.8. The van der Waals surface area contributed by atoms with Crippen LogP contribution < -0.4 is 11.1 Å². The van der Waals surface area contributed by atoms with Crippen LogP contribution in [-0.4, -0.2) is 32.9 Å². The van der Waals surface area contributed by atoms with Crippen molar-refractivity contribution >= 4 is 21.5 Å². The van der Waals surface area contributed by atoms with E-state index in [9.17, 15) is 8.42 Å². The van der Waals surface area contributed by atoms with Crippen molar-refractivity contribution < 1.29 is 8.42 Å². The summed E-state index contributed by atoms with van der Waals surface area (Å²) < 4.78 is 22.8. The molecule has 1 aromatic rings. The molecule has 0 radical (unpaired) electrons. The molecule has 0 aromatic heterocycles. The number of anilines is 1. The monoisotopic (exact) mass is 309 g/mol. The quantitative estimate of drug-likeness (QED) is 0.642. The first-order valence-electron chi connectivity index (χ1n) is 7.01. The Morgan fingerprint density at radius 3 is 2.52 bits per heavy atom. The molecule has 1 fully saturated rings. The fraction of sp³-hybridized carbons (Fsp3) is 0.533. The van der Waals surface area contributed by atoms with Gasteiger partial charge in [-0.2, -0.15) is 0 Å². The molecule has 0 heterocycles. The number of hydrogen-bond donors (Lipinski definition) is 2. The second-order valence-corrected chi connectivity index (χ2v) is 8.34. The van der Waals surface area contributed by atoms with Crippen LogP contribution in [0.25, 0.3) is 0 Å². The van der Waals surface area contributed by atoms with E-state index in [-0.39, 0.29) is 11.2 Å². The smallest absolute Gasteiger partial charge is 0.193 e. The second-order valence-electron chi connectivity index (χ2n) is 6.20. The number of hydrogen-bond acceptors (Lipinski definition) is 3. The molecule has 0 saturated heterocycles. The number of rotatable bonds is 5. The Morgan fingerprint density at radius 2 is 2.00 bits per heavy atom. The third-order valence-electron chi connectivity index (χ3n) is 3.89. The van der Waals surface area contributed by atoms with Gasteiger partial charge in [0.25, 0.3) is 0 Å². The lowest BCUT2D eigenvalue weighted by molar-refractivity contribution is 0.552. The summed E-state index contributed by atoms with van der Waals surface area (Å²) in [4.78, 5) is 4.31. The highest BCUT2D eigenvalue weighted by Gasteiger charge is 2.45. The molecule has 116 valence electrons. The zero-order chi connectivity index (χ0) is 15.7. The molecule has 1 aliphatic rings. The van der Waals surface area contributed by atoms with Gasteiger partial charge in [0.1, 0.15) is 9.84 Å². The van der Waals surface area contributed by atoms with Crippen molar-refractivity contribution in [3.05, 3.63) is 29.3 Å². The van der Waals surface area contributed by atoms with Crippen molar-refractivity contribution in [2.75, 3.05) is 23.9 Å².